The molecule has 1 heterocycles. The summed E-state index contributed by atoms with van der Waals surface area (Å²) < 4.78 is 15.8. The van der Waals surface area contributed by atoms with Crippen molar-refractivity contribution in [2.24, 2.45) is 5.92 Å². The number of rotatable bonds is 5. The van der Waals surface area contributed by atoms with E-state index >= 15 is 0 Å². The molecule has 7 heteroatoms. The third kappa shape index (κ3) is 5.35. The molecule has 1 N–H and O–H groups in total. The van der Waals surface area contributed by atoms with Crippen LogP contribution in [0.4, 0.5) is 4.79 Å². The standard InChI is InChI=1S/C16H28N2O5/c1-12-5-3-4-6-13(12)22-9-7-17-16(20)18-8-10-23-14(11-18)15(19)21-2/h12-14H,3-11H2,1-2H3,(H,17,20)/t12-,13-,14+/m1/s1. The van der Waals surface area contributed by atoms with Gasteiger partial charge in [-0.25, -0.2) is 9.59 Å². The van der Waals surface area contributed by atoms with Crippen LogP contribution in [0.15, 0.2) is 0 Å². The molecule has 1 aliphatic heterocycles. The molecule has 7 nitrogen and oxygen atoms in total. The van der Waals surface area contributed by atoms with Crippen LogP contribution in [0.25, 0.3) is 0 Å². The lowest BCUT2D eigenvalue weighted by molar-refractivity contribution is -0.158. The molecule has 2 fully saturated rings. The zero-order chi connectivity index (χ0) is 16.7. The summed E-state index contributed by atoms with van der Waals surface area (Å²) in [6.45, 7) is 4.25. The van der Waals surface area contributed by atoms with Crippen LogP contribution in [-0.4, -0.2) is 69.1 Å². The van der Waals surface area contributed by atoms with Crippen LogP contribution in [0, 0.1) is 5.92 Å². The number of methoxy groups -OCH3 is 1. The lowest BCUT2D eigenvalue weighted by Gasteiger charge is -2.32. The Morgan fingerprint density at radius 3 is 2.83 bits per heavy atom. The van der Waals surface area contributed by atoms with Gasteiger partial charge in [-0.3, -0.25) is 0 Å². The Morgan fingerprint density at radius 2 is 2.09 bits per heavy atom. The van der Waals surface area contributed by atoms with Gasteiger partial charge in [-0.05, 0) is 18.8 Å². The second kappa shape index (κ2) is 9.08. The van der Waals surface area contributed by atoms with E-state index in [0.29, 0.717) is 38.3 Å². The van der Waals surface area contributed by atoms with Crippen molar-refractivity contribution < 1.29 is 23.8 Å². The molecule has 2 rings (SSSR count). The van der Waals surface area contributed by atoms with Crippen LogP contribution in [0.5, 0.6) is 0 Å². The highest BCUT2D eigenvalue weighted by molar-refractivity contribution is 5.78. The van der Waals surface area contributed by atoms with Gasteiger partial charge >= 0.3 is 12.0 Å². The van der Waals surface area contributed by atoms with E-state index < -0.39 is 12.1 Å². The summed E-state index contributed by atoms with van der Waals surface area (Å²) in [5, 5.41) is 2.84. The lowest BCUT2D eigenvalue weighted by atomic mass is 9.88. The molecule has 0 spiro atoms. The van der Waals surface area contributed by atoms with Gasteiger partial charge in [-0.2, -0.15) is 0 Å². The molecule has 0 radical (unpaired) electrons. The second-order valence-electron chi connectivity index (χ2n) is 6.23. The fourth-order valence-electron chi connectivity index (χ4n) is 3.12. The van der Waals surface area contributed by atoms with Crippen molar-refractivity contribution in [1.82, 2.24) is 10.2 Å². The van der Waals surface area contributed by atoms with Gasteiger partial charge in [0.2, 0.25) is 0 Å². The molecule has 0 aromatic carbocycles. The summed E-state index contributed by atoms with van der Waals surface area (Å²) in [4.78, 5) is 25.2. The Kier molecular flexibility index (Phi) is 7.11. The SMILES string of the molecule is COC(=O)[C@@H]1CN(C(=O)NCCO[C@@H]2CCCC[C@H]2C)CCO1. The van der Waals surface area contributed by atoms with Gasteiger partial charge in [0.05, 0.1) is 33.0 Å². The van der Waals surface area contributed by atoms with Crippen LogP contribution in [0.1, 0.15) is 32.6 Å². The number of morpholine rings is 1. The van der Waals surface area contributed by atoms with Crippen LogP contribution in [0.3, 0.4) is 0 Å². The minimum atomic E-state index is -0.696. The number of esters is 1. The highest BCUT2D eigenvalue weighted by Gasteiger charge is 2.29. The lowest BCUT2D eigenvalue weighted by Crippen LogP contribution is -2.52. The van der Waals surface area contributed by atoms with Crippen molar-refractivity contribution in [3.63, 3.8) is 0 Å². The minimum absolute atomic E-state index is 0.192. The number of carbonyl (C=O) groups is 2. The van der Waals surface area contributed by atoms with Gasteiger partial charge in [-0.1, -0.05) is 19.8 Å². The second-order valence-corrected chi connectivity index (χ2v) is 6.23. The zero-order valence-electron chi connectivity index (χ0n) is 14.1. The number of nitrogens with one attached hydrogen (secondary N) is 1. The Balaban J connectivity index is 1.65. The number of hydrogen-bond donors (Lipinski definition) is 1. The summed E-state index contributed by atoms with van der Waals surface area (Å²) in [7, 11) is 1.31. The predicted octanol–water partition coefficient (Wildman–Crippen LogP) is 1.17. The molecule has 0 bridgehead atoms. The van der Waals surface area contributed by atoms with Gasteiger partial charge in [0.15, 0.2) is 6.10 Å². The van der Waals surface area contributed by atoms with Crippen LogP contribution in [-0.2, 0) is 19.0 Å². The number of ether oxygens (including phenoxy) is 3. The third-order valence-corrected chi connectivity index (χ3v) is 4.56. The van der Waals surface area contributed by atoms with Crippen molar-refractivity contribution in [1.29, 1.82) is 0 Å². The van der Waals surface area contributed by atoms with Crippen LogP contribution >= 0.6 is 0 Å². The molecule has 1 aliphatic carbocycles. The molecular weight excluding hydrogens is 300 g/mol. The number of amides is 2. The van der Waals surface area contributed by atoms with E-state index in [1.54, 1.807) is 4.90 Å². The molecule has 132 valence electrons. The monoisotopic (exact) mass is 328 g/mol. The van der Waals surface area contributed by atoms with Crippen LogP contribution < -0.4 is 5.32 Å². The van der Waals surface area contributed by atoms with E-state index in [1.165, 1.54) is 26.4 Å². The fourth-order valence-corrected chi connectivity index (χ4v) is 3.12. The molecule has 2 aliphatic rings. The summed E-state index contributed by atoms with van der Waals surface area (Å²) in [6.07, 6.45) is 4.46. The Morgan fingerprint density at radius 1 is 1.30 bits per heavy atom. The molecule has 0 aromatic heterocycles. The number of hydrogen-bond acceptors (Lipinski definition) is 5. The van der Waals surface area contributed by atoms with E-state index in [0.717, 1.165) is 6.42 Å². The molecule has 2 amide bonds. The minimum Gasteiger partial charge on any atom is -0.467 e. The summed E-state index contributed by atoms with van der Waals surface area (Å²) >= 11 is 0. The van der Waals surface area contributed by atoms with Gasteiger partial charge in [0.1, 0.15) is 0 Å². The molecule has 0 aromatic rings. The van der Waals surface area contributed by atoms with Gasteiger partial charge in [0, 0.05) is 13.1 Å². The molecule has 1 saturated carbocycles. The summed E-state index contributed by atoms with van der Waals surface area (Å²) in [6, 6.07) is -0.192. The molecule has 1 saturated heterocycles. The first-order chi connectivity index (χ1) is 11.1. The van der Waals surface area contributed by atoms with Crippen molar-refractivity contribution in [3.05, 3.63) is 0 Å². The summed E-state index contributed by atoms with van der Waals surface area (Å²) in [5.74, 6) is 0.150. The van der Waals surface area contributed by atoms with E-state index in [1.807, 2.05) is 0 Å². The Bertz CT molecular complexity index is 404. The molecule has 3 atom stereocenters. The van der Waals surface area contributed by atoms with Crippen molar-refractivity contribution in [3.8, 4) is 0 Å². The Labute approximate surface area is 137 Å². The topological polar surface area (TPSA) is 77.1 Å². The maximum Gasteiger partial charge on any atom is 0.336 e. The average Bonchev–Trinajstić information content (AvgIpc) is 2.59. The van der Waals surface area contributed by atoms with E-state index in [4.69, 9.17) is 9.47 Å². The first kappa shape index (κ1) is 18.0. The average molecular weight is 328 g/mol. The van der Waals surface area contributed by atoms with Crippen molar-refractivity contribution >= 4 is 12.0 Å². The smallest absolute Gasteiger partial charge is 0.336 e. The molecular formula is C16H28N2O5. The molecule has 0 unspecified atom stereocenters. The van der Waals surface area contributed by atoms with E-state index in [9.17, 15) is 9.59 Å². The first-order valence-corrected chi connectivity index (χ1v) is 8.45. The maximum absolute atomic E-state index is 12.1. The van der Waals surface area contributed by atoms with Gasteiger partial charge in [-0.15, -0.1) is 0 Å². The normalized spacial score (nSPS) is 28.3. The largest absolute Gasteiger partial charge is 0.467 e. The number of urea groups is 1. The maximum atomic E-state index is 12.1. The third-order valence-electron chi connectivity index (χ3n) is 4.56. The first-order valence-electron chi connectivity index (χ1n) is 8.45. The summed E-state index contributed by atoms with van der Waals surface area (Å²) in [5.41, 5.74) is 0. The van der Waals surface area contributed by atoms with Gasteiger partial charge < -0.3 is 24.4 Å². The molecule has 23 heavy (non-hydrogen) atoms. The predicted molar refractivity (Wildman–Crippen MR) is 84.1 cm³/mol. The highest BCUT2D eigenvalue weighted by atomic mass is 16.6. The Hall–Kier alpha value is -1.34. The van der Waals surface area contributed by atoms with Crippen molar-refractivity contribution in [2.75, 3.05) is 40.0 Å². The fraction of sp³-hybridized carbons (Fsp3) is 0.875. The van der Waals surface area contributed by atoms with Crippen molar-refractivity contribution in [2.45, 2.75) is 44.8 Å². The number of nitrogens with zero attached hydrogens (tertiary/aromatic N) is 1. The van der Waals surface area contributed by atoms with E-state index in [-0.39, 0.29) is 12.6 Å². The van der Waals surface area contributed by atoms with Crippen LogP contribution in [0.2, 0.25) is 0 Å². The zero-order valence-corrected chi connectivity index (χ0v) is 14.1. The van der Waals surface area contributed by atoms with Gasteiger partial charge in [0.25, 0.3) is 0 Å². The highest BCUT2D eigenvalue weighted by Crippen LogP contribution is 2.25. The van der Waals surface area contributed by atoms with E-state index in [2.05, 4.69) is 17.0 Å². The number of carbonyl (C=O) groups excluding carboxylic acids is 2. The quantitative estimate of drug-likeness (QED) is 0.605.